The summed E-state index contributed by atoms with van der Waals surface area (Å²) in [5, 5.41) is 9.12. The highest BCUT2D eigenvalue weighted by molar-refractivity contribution is 5.70. The van der Waals surface area contributed by atoms with Crippen LogP contribution in [0.2, 0.25) is 0 Å². The predicted octanol–water partition coefficient (Wildman–Crippen LogP) is 3.23. The van der Waals surface area contributed by atoms with Crippen molar-refractivity contribution in [2.75, 3.05) is 0 Å². The van der Waals surface area contributed by atoms with Gasteiger partial charge in [0.15, 0.2) is 0 Å². The number of carboxylic acid groups (broad SMARTS) is 1. The Kier molecular flexibility index (Phi) is 4.71. The third kappa shape index (κ3) is 3.17. The fraction of sp³-hybridized carbons (Fsp3) is 0.750. The minimum atomic E-state index is -0.612. The van der Waals surface area contributed by atoms with Crippen LogP contribution in [0.1, 0.15) is 44.9 Å². The van der Waals surface area contributed by atoms with E-state index in [1.165, 1.54) is 19.3 Å². The number of carbonyl (C=O) groups is 1. The van der Waals surface area contributed by atoms with Crippen LogP contribution < -0.4 is 0 Å². The Morgan fingerprint density at radius 1 is 1.43 bits per heavy atom. The monoisotopic (exact) mass is 196 g/mol. The molecule has 1 saturated carbocycles. The van der Waals surface area contributed by atoms with Crippen LogP contribution in [0.3, 0.4) is 0 Å². The Labute approximate surface area is 86.0 Å². The molecule has 1 rings (SSSR count). The molecule has 1 N–H and O–H groups in total. The summed E-state index contributed by atoms with van der Waals surface area (Å²) in [6.45, 7) is 3.64. The van der Waals surface area contributed by atoms with Crippen molar-refractivity contribution in [1.29, 1.82) is 0 Å². The Bertz CT molecular complexity index is 192. The van der Waals surface area contributed by atoms with Gasteiger partial charge in [0.1, 0.15) is 0 Å². The lowest BCUT2D eigenvalue weighted by atomic mass is 9.78. The van der Waals surface area contributed by atoms with Crippen molar-refractivity contribution in [1.82, 2.24) is 0 Å². The lowest BCUT2D eigenvalue weighted by molar-refractivity contribution is -0.144. The zero-order valence-corrected chi connectivity index (χ0v) is 8.74. The van der Waals surface area contributed by atoms with Gasteiger partial charge < -0.3 is 5.11 Å². The Morgan fingerprint density at radius 3 is 2.57 bits per heavy atom. The molecule has 0 aromatic carbocycles. The van der Waals surface area contributed by atoms with E-state index in [9.17, 15) is 4.79 Å². The van der Waals surface area contributed by atoms with Crippen LogP contribution in [-0.4, -0.2) is 11.1 Å². The Balaban J connectivity index is 2.46. The van der Waals surface area contributed by atoms with Crippen molar-refractivity contribution in [3.63, 3.8) is 0 Å². The first-order chi connectivity index (χ1) is 6.75. The van der Waals surface area contributed by atoms with E-state index in [1.807, 2.05) is 6.08 Å². The third-order valence-electron chi connectivity index (χ3n) is 3.22. The summed E-state index contributed by atoms with van der Waals surface area (Å²) >= 11 is 0. The molecule has 1 unspecified atom stereocenters. The van der Waals surface area contributed by atoms with Gasteiger partial charge in [0.2, 0.25) is 0 Å². The molecule has 2 heteroatoms. The molecular weight excluding hydrogens is 176 g/mol. The van der Waals surface area contributed by atoms with Crippen LogP contribution in [-0.2, 0) is 4.79 Å². The van der Waals surface area contributed by atoms with Gasteiger partial charge in [-0.15, -0.1) is 6.58 Å². The molecule has 1 aliphatic carbocycles. The maximum Gasteiger partial charge on any atom is 0.306 e. The zero-order valence-electron chi connectivity index (χ0n) is 8.74. The van der Waals surface area contributed by atoms with Gasteiger partial charge in [0.05, 0.1) is 5.92 Å². The minimum absolute atomic E-state index is 0.131. The third-order valence-corrected chi connectivity index (χ3v) is 3.22. The summed E-state index contributed by atoms with van der Waals surface area (Å²) in [6, 6.07) is 0. The van der Waals surface area contributed by atoms with Gasteiger partial charge in [-0.05, 0) is 31.6 Å². The summed E-state index contributed by atoms with van der Waals surface area (Å²) < 4.78 is 0. The largest absolute Gasteiger partial charge is 0.481 e. The van der Waals surface area contributed by atoms with Gasteiger partial charge in [-0.3, -0.25) is 4.79 Å². The highest BCUT2D eigenvalue weighted by atomic mass is 16.4. The van der Waals surface area contributed by atoms with E-state index in [0.29, 0.717) is 5.92 Å². The van der Waals surface area contributed by atoms with Crippen molar-refractivity contribution in [3.05, 3.63) is 12.7 Å². The summed E-state index contributed by atoms with van der Waals surface area (Å²) in [7, 11) is 0. The van der Waals surface area contributed by atoms with E-state index in [-0.39, 0.29) is 5.92 Å². The van der Waals surface area contributed by atoms with Crippen molar-refractivity contribution in [3.8, 4) is 0 Å². The zero-order chi connectivity index (χ0) is 10.4. The molecule has 14 heavy (non-hydrogen) atoms. The van der Waals surface area contributed by atoms with Crippen LogP contribution in [0.25, 0.3) is 0 Å². The first kappa shape index (κ1) is 11.3. The number of rotatable bonds is 5. The molecular formula is C12H20O2. The molecule has 0 heterocycles. The lowest BCUT2D eigenvalue weighted by Crippen LogP contribution is -2.25. The number of carboxylic acids is 1. The van der Waals surface area contributed by atoms with E-state index in [1.54, 1.807) is 0 Å². The normalized spacial score (nSPS) is 20.3. The molecule has 0 radical (unpaired) electrons. The first-order valence-corrected chi connectivity index (χ1v) is 5.59. The smallest absolute Gasteiger partial charge is 0.306 e. The van der Waals surface area contributed by atoms with Gasteiger partial charge in [-0.2, -0.15) is 0 Å². The fourth-order valence-electron chi connectivity index (χ4n) is 2.39. The van der Waals surface area contributed by atoms with Crippen LogP contribution >= 0.6 is 0 Å². The number of hydrogen-bond acceptors (Lipinski definition) is 1. The van der Waals surface area contributed by atoms with Crippen LogP contribution in [0.5, 0.6) is 0 Å². The van der Waals surface area contributed by atoms with Gasteiger partial charge in [0, 0.05) is 0 Å². The van der Waals surface area contributed by atoms with E-state index in [4.69, 9.17) is 5.11 Å². The lowest BCUT2D eigenvalue weighted by Gasteiger charge is -2.27. The van der Waals surface area contributed by atoms with E-state index in [0.717, 1.165) is 25.7 Å². The minimum Gasteiger partial charge on any atom is -0.481 e. The SMILES string of the molecule is C=CCCC(C(=O)O)C1CCCCC1. The van der Waals surface area contributed by atoms with Crippen molar-refractivity contribution in [2.24, 2.45) is 11.8 Å². The summed E-state index contributed by atoms with van der Waals surface area (Å²) in [6.07, 6.45) is 9.33. The topological polar surface area (TPSA) is 37.3 Å². The molecule has 0 amide bonds. The maximum absolute atomic E-state index is 11.1. The van der Waals surface area contributed by atoms with Crippen LogP contribution in [0.15, 0.2) is 12.7 Å². The molecule has 1 atom stereocenters. The Hall–Kier alpha value is -0.790. The average Bonchev–Trinajstić information content (AvgIpc) is 2.19. The molecule has 0 aromatic rings. The predicted molar refractivity (Wildman–Crippen MR) is 57.1 cm³/mol. The molecule has 0 aromatic heterocycles. The van der Waals surface area contributed by atoms with Crippen molar-refractivity contribution in [2.45, 2.75) is 44.9 Å². The molecule has 0 saturated heterocycles. The maximum atomic E-state index is 11.1. The van der Waals surface area contributed by atoms with Gasteiger partial charge in [-0.25, -0.2) is 0 Å². The Morgan fingerprint density at radius 2 is 2.07 bits per heavy atom. The highest BCUT2D eigenvalue weighted by Gasteiger charge is 2.28. The molecule has 80 valence electrons. The van der Waals surface area contributed by atoms with Crippen LogP contribution in [0, 0.1) is 11.8 Å². The summed E-state index contributed by atoms with van der Waals surface area (Å²) in [4.78, 5) is 11.1. The van der Waals surface area contributed by atoms with Gasteiger partial charge >= 0.3 is 5.97 Å². The average molecular weight is 196 g/mol. The van der Waals surface area contributed by atoms with E-state index < -0.39 is 5.97 Å². The molecule has 1 aliphatic rings. The quantitative estimate of drug-likeness (QED) is 0.685. The second-order valence-corrected chi connectivity index (χ2v) is 4.21. The molecule has 2 nitrogen and oxygen atoms in total. The molecule has 1 fully saturated rings. The van der Waals surface area contributed by atoms with Crippen molar-refractivity contribution < 1.29 is 9.90 Å². The van der Waals surface area contributed by atoms with Gasteiger partial charge in [0.25, 0.3) is 0 Å². The van der Waals surface area contributed by atoms with Crippen molar-refractivity contribution >= 4 is 5.97 Å². The fourth-order valence-corrected chi connectivity index (χ4v) is 2.39. The standard InChI is InChI=1S/C12H20O2/c1-2-3-9-11(12(13)14)10-7-5-4-6-8-10/h2,10-11H,1,3-9H2,(H,13,14). The number of hydrogen-bond donors (Lipinski definition) is 1. The first-order valence-electron chi connectivity index (χ1n) is 5.59. The van der Waals surface area contributed by atoms with Crippen LogP contribution in [0.4, 0.5) is 0 Å². The van der Waals surface area contributed by atoms with E-state index >= 15 is 0 Å². The molecule has 0 spiro atoms. The molecule has 0 aliphatic heterocycles. The summed E-state index contributed by atoms with van der Waals surface area (Å²) in [5.41, 5.74) is 0. The second kappa shape index (κ2) is 5.84. The van der Waals surface area contributed by atoms with Gasteiger partial charge in [-0.1, -0.05) is 25.3 Å². The second-order valence-electron chi connectivity index (χ2n) is 4.21. The summed E-state index contributed by atoms with van der Waals surface area (Å²) in [5.74, 6) is -0.326. The highest BCUT2D eigenvalue weighted by Crippen LogP contribution is 2.32. The van der Waals surface area contributed by atoms with E-state index in [2.05, 4.69) is 6.58 Å². The number of allylic oxidation sites excluding steroid dienone is 1. The number of aliphatic carboxylic acids is 1. The molecule has 0 bridgehead atoms.